The van der Waals surface area contributed by atoms with Crippen LogP contribution in [0.1, 0.15) is 18.7 Å². The Morgan fingerprint density at radius 1 is 1.35 bits per heavy atom. The Bertz CT molecular complexity index is 742. The van der Waals surface area contributed by atoms with Crippen LogP contribution in [0.15, 0.2) is 36.7 Å². The number of hydrogen-bond acceptors (Lipinski definition) is 3. The summed E-state index contributed by atoms with van der Waals surface area (Å²) < 4.78 is 31.4. The van der Waals surface area contributed by atoms with E-state index in [4.69, 9.17) is 0 Å². The summed E-state index contributed by atoms with van der Waals surface area (Å²) in [5.74, 6) is 1.49. The summed E-state index contributed by atoms with van der Waals surface area (Å²) in [6.07, 6.45) is 6.38. The number of nitrogens with one attached hydrogen (secondary N) is 1. The summed E-state index contributed by atoms with van der Waals surface area (Å²) in [4.78, 5) is 18.5. The molecule has 1 fully saturated rings. The van der Waals surface area contributed by atoms with E-state index in [1.54, 1.807) is 29.3 Å². The van der Waals surface area contributed by atoms with Gasteiger partial charge in [0.05, 0.1) is 5.69 Å². The zero-order chi connectivity index (χ0) is 18.5. The lowest BCUT2D eigenvalue weighted by Crippen LogP contribution is -2.41. The third-order valence-electron chi connectivity index (χ3n) is 4.64. The van der Waals surface area contributed by atoms with Crippen molar-refractivity contribution < 1.29 is 18.3 Å². The SMILES string of the molecule is Cn1ccnc1CC1CCN(C(=O)Nc2ccccc2OC(F)F)CC1. The number of benzene rings is 1. The minimum absolute atomic E-state index is 0.0412. The molecule has 0 aliphatic carbocycles. The fourth-order valence-electron chi connectivity index (χ4n) is 3.15. The van der Waals surface area contributed by atoms with Crippen molar-refractivity contribution in [2.75, 3.05) is 18.4 Å². The number of likely N-dealkylation sites (tertiary alicyclic amines) is 1. The quantitative estimate of drug-likeness (QED) is 0.883. The maximum atomic E-state index is 12.5. The van der Waals surface area contributed by atoms with Crippen LogP contribution in [-0.2, 0) is 13.5 Å². The van der Waals surface area contributed by atoms with Gasteiger partial charge in [-0.15, -0.1) is 0 Å². The largest absolute Gasteiger partial charge is 0.433 e. The highest BCUT2D eigenvalue weighted by molar-refractivity contribution is 5.91. The van der Waals surface area contributed by atoms with Crippen LogP contribution >= 0.6 is 0 Å². The molecule has 1 saturated heterocycles. The number of carbonyl (C=O) groups excluding carboxylic acids is 1. The first kappa shape index (κ1) is 18.2. The number of nitrogens with zero attached hydrogens (tertiary/aromatic N) is 3. The second-order valence-corrected chi connectivity index (χ2v) is 6.39. The highest BCUT2D eigenvalue weighted by Crippen LogP contribution is 2.27. The normalized spacial score (nSPS) is 15.3. The molecule has 2 amide bonds. The van der Waals surface area contributed by atoms with Crippen molar-refractivity contribution in [1.82, 2.24) is 14.5 Å². The minimum atomic E-state index is -2.94. The molecule has 2 heterocycles. The summed E-state index contributed by atoms with van der Waals surface area (Å²) in [5.41, 5.74) is 0.243. The second kappa shape index (κ2) is 8.16. The van der Waals surface area contributed by atoms with E-state index in [0.29, 0.717) is 19.0 Å². The van der Waals surface area contributed by atoms with Gasteiger partial charge in [-0.05, 0) is 30.9 Å². The number of alkyl halides is 2. The number of aromatic nitrogens is 2. The van der Waals surface area contributed by atoms with Crippen molar-refractivity contribution in [3.63, 3.8) is 0 Å². The molecule has 0 atom stereocenters. The number of urea groups is 1. The molecule has 1 aromatic heterocycles. The summed E-state index contributed by atoms with van der Waals surface area (Å²) >= 11 is 0. The van der Waals surface area contributed by atoms with Gasteiger partial charge >= 0.3 is 12.6 Å². The van der Waals surface area contributed by atoms with Gasteiger partial charge in [-0.3, -0.25) is 0 Å². The van der Waals surface area contributed by atoms with Crippen molar-refractivity contribution in [2.45, 2.75) is 25.9 Å². The average Bonchev–Trinajstić information content (AvgIpc) is 3.01. The number of hydrogen-bond donors (Lipinski definition) is 1. The zero-order valence-electron chi connectivity index (χ0n) is 14.6. The van der Waals surface area contributed by atoms with Crippen molar-refractivity contribution in [3.05, 3.63) is 42.5 Å². The van der Waals surface area contributed by atoms with Crippen LogP contribution in [-0.4, -0.2) is 40.2 Å². The first-order valence-electron chi connectivity index (χ1n) is 8.59. The number of anilines is 1. The molecule has 0 unspecified atom stereocenters. The molecule has 3 rings (SSSR count). The average molecular weight is 364 g/mol. The van der Waals surface area contributed by atoms with E-state index < -0.39 is 6.61 Å². The molecule has 26 heavy (non-hydrogen) atoms. The number of piperidine rings is 1. The molecule has 8 heteroatoms. The third kappa shape index (κ3) is 4.50. The summed E-state index contributed by atoms with van der Waals surface area (Å²) in [6, 6.07) is 5.89. The monoisotopic (exact) mass is 364 g/mol. The summed E-state index contributed by atoms with van der Waals surface area (Å²) in [5, 5.41) is 2.67. The minimum Gasteiger partial charge on any atom is -0.433 e. The van der Waals surface area contributed by atoms with Gasteiger partial charge in [0.15, 0.2) is 0 Å². The number of imidazole rings is 1. The van der Waals surface area contributed by atoms with Gasteiger partial charge in [0.1, 0.15) is 11.6 Å². The third-order valence-corrected chi connectivity index (χ3v) is 4.64. The van der Waals surface area contributed by atoms with E-state index >= 15 is 0 Å². The smallest absolute Gasteiger partial charge is 0.387 e. The number of carbonyl (C=O) groups is 1. The van der Waals surface area contributed by atoms with Gasteiger partial charge in [-0.2, -0.15) is 8.78 Å². The molecule has 0 spiro atoms. The Labute approximate surface area is 150 Å². The van der Waals surface area contributed by atoms with E-state index in [1.165, 1.54) is 6.07 Å². The molecule has 1 aromatic carbocycles. The fourth-order valence-corrected chi connectivity index (χ4v) is 3.15. The van der Waals surface area contributed by atoms with E-state index in [9.17, 15) is 13.6 Å². The zero-order valence-corrected chi connectivity index (χ0v) is 14.6. The first-order chi connectivity index (χ1) is 12.5. The van der Waals surface area contributed by atoms with Gasteiger partial charge in [0.25, 0.3) is 0 Å². The number of aryl methyl sites for hydroxylation is 1. The van der Waals surface area contributed by atoms with Crippen LogP contribution in [0.25, 0.3) is 0 Å². The molecule has 0 radical (unpaired) electrons. The molecule has 140 valence electrons. The van der Waals surface area contributed by atoms with Crippen molar-refractivity contribution in [3.8, 4) is 5.75 Å². The molecule has 0 bridgehead atoms. The predicted octanol–water partition coefficient (Wildman–Crippen LogP) is 3.51. The van der Waals surface area contributed by atoms with Crippen LogP contribution in [0.5, 0.6) is 5.75 Å². The van der Waals surface area contributed by atoms with Gasteiger partial charge in [-0.1, -0.05) is 12.1 Å². The van der Waals surface area contributed by atoms with Gasteiger partial charge < -0.3 is 19.5 Å². The maximum absolute atomic E-state index is 12.5. The van der Waals surface area contributed by atoms with Crippen LogP contribution in [0.3, 0.4) is 0 Å². The maximum Gasteiger partial charge on any atom is 0.387 e. The highest BCUT2D eigenvalue weighted by Gasteiger charge is 2.24. The molecular formula is C18H22F2N4O2. The van der Waals surface area contributed by atoms with Gasteiger partial charge in [0, 0.05) is 39.0 Å². The molecule has 1 aliphatic heterocycles. The molecular weight excluding hydrogens is 342 g/mol. The lowest BCUT2D eigenvalue weighted by molar-refractivity contribution is -0.0493. The van der Waals surface area contributed by atoms with Gasteiger partial charge in [-0.25, -0.2) is 9.78 Å². The Hall–Kier alpha value is -2.64. The van der Waals surface area contributed by atoms with Crippen LogP contribution in [0.2, 0.25) is 0 Å². The van der Waals surface area contributed by atoms with Gasteiger partial charge in [0.2, 0.25) is 0 Å². The standard InChI is InChI=1S/C18H22F2N4O2/c1-23-11-8-21-16(23)12-13-6-9-24(10-7-13)18(25)22-14-4-2-3-5-15(14)26-17(19)20/h2-5,8,11,13,17H,6-7,9-10,12H2,1H3,(H,22,25). The summed E-state index contributed by atoms with van der Waals surface area (Å²) in [7, 11) is 1.98. The fraction of sp³-hybridized carbons (Fsp3) is 0.444. The Morgan fingerprint density at radius 3 is 2.73 bits per heavy atom. The van der Waals surface area contributed by atoms with E-state index in [-0.39, 0.29) is 17.5 Å². The van der Waals surface area contributed by atoms with Crippen LogP contribution < -0.4 is 10.1 Å². The Morgan fingerprint density at radius 2 is 2.08 bits per heavy atom. The first-order valence-corrected chi connectivity index (χ1v) is 8.59. The van der Waals surface area contributed by atoms with E-state index in [2.05, 4.69) is 15.0 Å². The Balaban J connectivity index is 1.53. The van der Waals surface area contributed by atoms with Crippen molar-refractivity contribution in [1.29, 1.82) is 0 Å². The van der Waals surface area contributed by atoms with Crippen molar-refractivity contribution in [2.24, 2.45) is 13.0 Å². The number of para-hydroxylation sites is 2. The number of halogens is 2. The molecule has 1 aliphatic rings. The molecule has 1 N–H and O–H groups in total. The lowest BCUT2D eigenvalue weighted by atomic mass is 9.93. The van der Waals surface area contributed by atoms with E-state index in [0.717, 1.165) is 25.1 Å². The highest BCUT2D eigenvalue weighted by atomic mass is 19.3. The number of rotatable bonds is 5. The Kier molecular flexibility index (Phi) is 5.70. The molecule has 2 aromatic rings. The predicted molar refractivity (Wildman–Crippen MR) is 93.3 cm³/mol. The molecule has 6 nitrogen and oxygen atoms in total. The molecule has 0 saturated carbocycles. The number of amides is 2. The van der Waals surface area contributed by atoms with Crippen LogP contribution in [0.4, 0.5) is 19.3 Å². The second-order valence-electron chi connectivity index (χ2n) is 6.39. The summed E-state index contributed by atoms with van der Waals surface area (Å²) in [6.45, 7) is -1.69. The van der Waals surface area contributed by atoms with Crippen LogP contribution in [0, 0.1) is 5.92 Å². The number of ether oxygens (including phenoxy) is 1. The topological polar surface area (TPSA) is 59.4 Å². The van der Waals surface area contributed by atoms with E-state index in [1.807, 2.05) is 17.8 Å². The lowest BCUT2D eigenvalue weighted by Gasteiger charge is -2.32. The van der Waals surface area contributed by atoms with Crippen molar-refractivity contribution >= 4 is 11.7 Å².